The molecule has 2 heterocycles. The van der Waals surface area contributed by atoms with Gasteiger partial charge >= 0.3 is 0 Å². The van der Waals surface area contributed by atoms with Crippen molar-refractivity contribution in [2.24, 2.45) is 0 Å². The van der Waals surface area contributed by atoms with E-state index in [1.807, 2.05) is 0 Å². The SMILES string of the molecule is CN(C)CCC1(O)CC2CCC(C1)N2C. The van der Waals surface area contributed by atoms with Crippen molar-refractivity contribution in [1.29, 1.82) is 0 Å². The van der Waals surface area contributed by atoms with Crippen molar-refractivity contribution in [2.75, 3.05) is 27.7 Å². The lowest BCUT2D eigenvalue weighted by molar-refractivity contribution is -0.0530. The van der Waals surface area contributed by atoms with Crippen LogP contribution in [0, 0.1) is 0 Å². The van der Waals surface area contributed by atoms with Crippen molar-refractivity contribution in [2.45, 2.75) is 49.8 Å². The van der Waals surface area contributed by atoms with Gasteiger partial charge in [0.05, 0.1) is 5.60 Å². The van der Waals surface area contributed by atoms with Gasteiger partial charge in [0, 0.05) is 18.6 Å². The number of aliphatic hydroxyl groups is 1. The van der Waals surface area contributed by atoms with Crippen LogP contribution in [0.15, 0.2) is 0 Å². The molecule has 15 heavy (non-hydrogen) atoms. The molecule has 3 heteroatoms. The van der Waals surface area contributed by atoms with E-state index in [1.54, 1.807) is 0 Å². The lowest BCUT2D eigenvalue weighted by atomic mass is 9.83. The monoisotopic (exact) mass is 212 g/mol. The molecule has 0 aromatic rings. The van der Waals surface area contributed by atoms with Crippen LogP contribution in [0.1, 0.15) is 32.1 Å². The molecule has 0 spiro atoms. The highest BCUT2D eigenvalue weighted by molar-refractivity contribution is 5.00. The van der Waals surface area contributed by atoms with Crippen molar-refractivity contribution < 1.29 is 5.11 Å². The highest BCUT2D eigenvalue weighted by Gasteiger charge is 2.45. The van der Waals surface area contributed by atoms with Gasteiger partial charge in [0.15, 0.2) is 0 Å². The van der Waals surface area contributed by atoms with Crippen molar-refractivity contribution in [3.8, 4) is 0 Å². The van der Waals surface area contributed by atoms with E-state index in [0.717, 1.165) is 25.8 Å². The van der Waals surface area contributed by atoms with Crippen LogP contribution in [0.2, 0.25) is 0 Å². The molecule has 2 aliphatic heterocycles. The lowest BCUT2D eigenvalue weighted by Gasteiger charge is -2.42. The average Bonchev–Trinajstić information content (AvgIpc) is 2.39. The predicted molar refractivity (Wildman–Crippen MR) is 61.9 cm³/mol. The van der Waals surface area contributed by atoms with Crippen LogP contribution in [0.4, 0.5) is 0 Å². The van der Waals surface area contributed by atoms with Gasteiger partial charge in [-0.25, -0.2) is 0 Å². The third kappa shape index (κ3) is 2.35. The first-order chi connectivity index (χ1) is 7.00. The van der Waals surface area contributed by atoms with Gasteiger partial charge in [-0.2, -0.15) is 0 Å². The minimum absolute atomic E-state index is 0.386. The minimum Gasteiger partial charge on any atom is -0.390 e. The van der Waals surface area contributed by atoms with Gasteiger partial charge in [-0.15, -0.1) is 0 Å². The second kappa shape index (κ2) is 4.04. The normalized spacial score (nSPS) is 41.4. The van der Waals surface area contributed by atoms with Crippen molar-refractivity contribution in [1.82, 2.24) is 9.80 Å². The van der Waals surface area contributed by atoms with Gasteiger partial charge in [-0.3, -0.25) is 0 Å². The van der Waals surface area contributed by atoms with E-state index >= 15 is 0 Å². The standard InChI is InChI=1S/C12H24N2O/c1-13(2)7-6-12(15)8-10-4-5-11(9-12)14(10)3/h10-11,15H,4-9H2,1-3H3. The summed E-state index contributed by atoms with van der Waals surface area (Å²) in [5.41, 5.74) is -0.386. The lowest BCUT2D eigenvalue weighted by Crippen LogP contribution is -2.50. The molecule has 0 amide bonds. The fraction of sp³-hybridized carbons (Fsp3) is 1.00. The zero-order chi connectivity index (χ0) is 11.1. The number of hydrogen-bond acceptors (Lipinski definition) is 3. The van der Waals surface area contributed by atoms with Crippen LogP contribution in [-0.2, 0) is 0 Å². The Kier molecular flexibility index (Phi) is 3.06. The molecule has 2 aliphatic rings. The Bertz CT molecular complexity index is 216. The first-order valence-corrected chi connectivity index (χ1v) is 6.09. The summed E-state index contributed by atoms with van der Waals surface area (Å²) in [6.45, 7) is 1.000. The van der Waals surface area contributed by atoms with E-state index in [2.05, 4.69) is 30.9 Å². The van der Waals surface area contributed by atoms with Crippen LogP contribution >= 0.6 is 0 Å². The molecule has 0 saturated carbocycles. The molecule has 2 fully saturated rings. The summed E-state index contributed by atoms with van der Waals surface area (Å²) in [7, 11) is 6.37. The number of fused-ring (bicyclic) bond motifs is 2. The van der Waals surface area contributed by atoms with E-state index < -0.39 is 0 Å². The van der Waals surface area contributed by atoms with E-state index in [-0.39, 0.29) is 5.60 Å². The molecular weight excluding hydrogens is 188 g/mol. The third-order valence-electron chi connectivity index (χ3n) is 4.24. The van der Waals surface area contributed by atoms with Crippen molar-refractivity contribution in [3.05, 3.63) is 0 Å². The maximum absolute atomic E-state index is 10.6. The molecule has 0 aromatic heterocycles. The van der Waals surface area contributed by atoms with Gasteiger partial charge in [0.25, 0.3) is 0 Å². The molecule has 88 valence electrons. The fourth-order valence-corrected chi connectivity index (χ4v) is 3.18. The van der Waals surface area contributed by atoms with Crippen LogP contribution in [0.3, 0.4) is 0 Å². The smallest absolute Gasteiger partial charge is 0.0689 e. The zero-order valence-corrected chi connectivity index (χ0v) is 10.2. The van der Waals surface area contributed by atoms with Gasteiger partial charge in [0.1, 0.15) is 0 Å². The Morgan fingerprint density at radius 1 is 1.27 bits per heavy atom. The third-order valence-corrected chi connectivity index (χ3v) is 4.24. The number of piperidine rings is 1. The molecule has 0 radical (unpaired) electrons. The van der Waals surface area contributed by atoms with Crippen molar-refractivity contribution in [3.63, 3.8) is 0 Å². The first-order valence-electron chi connectivity index (χ1n) is 6.09. The maximum atomic E-state index is 10.6. The Balaban J connectivity index is 1.94. The predicted octanol–water partition coefficient (Wildman–Crippen LogP) is 0.926. The first kappa shape index (κ1) is 11.4. The molecule has 0 aromatic carbocycles. The molecule has 2 saturated heterocycles. The maximum Gasteiger partial charge on any atom is 0.0689 e. The second-order valence-corrected chi connectivity index (χ2v) is 5.74. The van der Waals surface area contributed by atoms with Crippen molar-refractivity contribution >= 4 is 0 Å². The van der Waals surface area contributed by atoms with Gasteiger partial charge < -0.3 is 14.9 Å². The molecule has 0 aliphatic carbocycles. The summed E-state index contributed by atoms with van der Waals surface area (Å²) >= 11 is 0. The van der Waals surface area contributed by atoms with E-state index in [4.69, 9.17) is 0 Å². The van der Waals surface area contributed by atoms with Gasteiger partial charge in [-0.1, -0.05) is 0 Å². The van der Waals surface area contributed by atoms with Crippen LogP contribution in [0.25, 0.3) is 0 Å². The van der Waals surface area contributed by atoms with Gasteiger partial charge in [0.2, 0.25) is 0 Å². The highest BCUT2D eigenvalue weighted by atomic mass is 16.3. The van der Waals surface area contributed by atoms with E-state index in [0.29, 0.717) is 12.1 Å². The summed E-state index contributed by atoms with van der Waals surface area (Å²) in [6, 6.07) is 1.27. The Morgan fingerprint density at radius 2 is 1.80 bits per heavy atom. The minimum atomic E-state index is -0.386. The molecule has 1 N–H and O–H groups in total. The number of hydrogen-bond donors (Lipinski definition) is 1. The van der Waals surface area contributed by atoms with Crippen LogP contribution < -0.4 is 0 Å². The Hall–Kier alpha value is -0.120. The quantitative estimate of drug-likeness (QED) is 0.754. The van der Waals surface area contributed by atoms with Crippen LogP contribution in [-0.4, -0.2) is 60.3 Å². The molecule has 2 atom stereocenters. The molecule has 3 nitrogen and oxygen atoms in total. The zero-order valence-electron chi connectivity index (χ0n) is 10.2. The Labute approximate surface area is 93.1 Å². The summed E-state index contributed by atoms with van der Waals surface area (Å²) in [4.78, 5) is 4.64. The van der Waals surface area contributed by atoms with Gasteiger partial charge in [-0.05, 0) is 53.2 Å². The average molecular weight is 212 g/mol. The number of rotatable bonds is 3. The second-order valence-electron chi connectivity index (χ2n) is 5.74. The highest BCUT2D eigenvalue weighted by Crippen LogP contribution is 2.41. The molecule has 2 unspecified atom stereocenters. The van der Waals surface area contributed by atoms with E-state index in [1.165, 1.54) is 12.8 Å². The van der Waals surface area contributed by atoms with Crippen LogP contribution in [0.5, 0.6) is 0 Å². The Morgan fingerprint density at radius 3 is 2.27 bits per heavy atom. The largest absolute Gasteiger partial charge is 0.390 e. The molecule has 2 bridgehead atoms. The summed E-state index contributed by atoms with van der Waals surface area (Å²) < 4.78 is 0. The summed E-state index contributed by atoms with van der Waals surface area (Å²) in [5.74, 6) is 0. The van der Waals surface area contributed by atoms with E-state index in [9.17, 15) is 5.11 Å². The molecular formula is C12H24N2O. The number of nitrogens with zero attached hydrogens (tertiary/aromatic N) is 2. The summed E-state index contributed by atoms with van der Waals surface area (Å²) in [5, 5.41) is 10.6. The molecule has 2 rings (SSSR count). The fourth-order valence-electron chi connectivity index (χ4n) is 3.18. The topological polar surface area (TPSA) is 26.7 Å². The summed E-state index contributed by atoms with van der Waals surface area (Å²) in [6.07, 6.45) is 5.46.